The lowest BCUT2D eigenvalue weighted by atomic mass is 9.63. The van der Waals surface area contributed by atoms with Crippen LogP contribution in [-0.2, 0) is 0 Å². The first-order chi connectivity index (χ1) is 26.6. The molecule has 11 aliphatic rings. The molecule has 0 radical (unpaired) electrons. The maximum Gasteiger partial charge on any atom is 0.164 e. The number of aromatic nitrogens is 3. The first-order valence-corrected chi connectivity index (χ1v) is 22.0. The summed E-state index contributed by atoms with van der Waals surface area (Å²) >= 11 is 0. The summed E-state index contributed by atoms with van der Waals surface area (Å²) in [6, 6.07) is 31.8. The lowest BCUT2D eigenvalue weighted by molar-refractivity contribution is 0.0899. The lowest BCUT2D eigenvalue weighted by Gasteiger charge is -2.57. The number of benzene rings is 3. The van der Waals surface area contributed by atoms with Crippen molar-refractivity contribution in [1.82, 2.24) is 15.0 Å². The van der Waals surface area contributed by atoms with Gasteiger partial charge < -0.3 is 14.7 Å². The van der Waals surface area contributed by atoms with E-state index < -0.39 is 0 Å². The highest BCUT2D eigenvalue weighted by Gasteiger charge is 2.50. The van der Waals surface area contributed by atoms with Gasteiger partial charge in [0.2, 0.25) is 0 Å². The Morgan fingerprint density at radius 3 is 1.13 bits per heavy atom. The molecule has 6 saturated carbocycles. The van der Waals surface area contributed by atoms with E-state index in [-0.39, 0.29) is 0 Å². The second-order valence-corrected chi connectivity index (χ2v) is 19.7. The Labute approximate surface area is 320 Å². The van der Waals surface area contributed by atoms with E-state index in [0.717, 1.165) is 69.7 Å². The fraction of sp³-hybridized carbons (Fsp3) is 0.562. The van der Waals surface area contributed by atoms with Crippen LogP contribution < -0.4 is 14.7 Å². The predicted molar refractivity (Wildman–Crippen MR) is 216 cm³/mol. The average molecular weight is 715 g/mol. The van der Waals surface area contributed by atoms with Crippen molar-refractivity contribution in [2.24, 2.45) is 35.5 Å². The topological polar surface area (TPSA) is 48.4 Å². The highest BCUT2D eigenvalue weighted by molar-refractivity contribution is 5.73. The molecule has 4 aromatic rings. The molecule has 1 aromatic heterocycles. The molecule has 0 N–H and O–H groups in total. The molecule has 0 amide bonds. The highest BCUT2D eigenvalue weighted by atomic mass is 15.2. The molecule has 6 heteroatoms. The summed E-state index contributed by atoms with van der Waals surface area (Å²) < 4.78 is 0. The largest absolute Gasteiger partial charge is 0.366 e. The molecule has 5 saturated heterocycles. The minimum Gasteiger partial charge on any atom is -0.366 e. The van der Waals surface area contributed by atoms with Crippen LogP contribution in [-0.4, -0.2) is 51.2 Å². The normalized spacial score (nSPS) is 37.9. The zero-order valence-electron chi connectivity index (χ0n) is 31.6. The molecule has 11 bridgehead atoms. The number of hydrogen-bond acceptors (Lipinski definition) is 6. The molecule has 54 heavy (non-hydrogen) atoms. The molecule has 4 unspecified atom stereocenters. The third-order valence-corrected chi connectivity index (χ3v) is 16.6. The van der Waals surface area contributed by atoms with Gasteiger partial charge >= 0.3 is 0 Å². The van der Waals surface area contributed by atoms with Crippen LogP contribution in [0, 0.1) is 35.5 Å². The van der Waals surface area contributed by atoms with E-state index in [0.29, 0.717) is 36.3 Å². The Morgan fingerprint density at radius 1 is 0.352 bits per heavy atom. The number of nitrogens with zero attached hydrogens (tertiary/aromatic N) is 6. The van der Waals surface area contributed by atoms with Gasteiger partial charge in [-0.3, -0.25) is 0 Å². The van der Waals surface area contributed by atoms with Gasteiger partial charge in [-0.25, -0.2) is 15.0 Å². The van der Waals surface area contributed by atoms with Gasteiger partial charge in [-0.05, 0) is 168 Å². The van der Waals surface area contributed by atoms with Crippen LogP contribution in [0.5, 0.6) is 0 Å². The van der Waals surface area contributed by atoms with Gasteiger partial charge in [0.25, 0.3) is 0 Å². The summed E-state index contributed by atoms with van der Waals surface area (Å²) in [7, 11) is 0. The monoisotopic (exact) mass is 714 g/mol. The number of fused-ring (bicyclic) bond motifs is 2. The van der Waals surface area contributed by atoms with E-state index in [4.69, 9.17) is 15.0 Å². The zero-order chi connectivity index (χ0) is 35.1. The molecule has 6 heterocycles. The van der Waals surface area contributed by atoms with Gasteiger partial charge in [-0.15, -0.1) is 0 Å². The van der Waals surface area contributed by atoms with E-state index in [1.807, 2.05) is 0 Å². The van der Waals surface area contributed by atoms with Crippen molar-refractivity contribution in [1.29, 1.82) is 0 Å². The minimum atomic E-state index is 0.679. The Kier molecular flexibility index (Phi) is 6.83. The third-order valence-electron chi connectivity index (χ3n) is 16.6. The zero-order valence-corrected chi connectivity index (χ0v) is 31.6. The Hall–Kier alpha value is -3.93. The van der Waals surface area contributed by atoms with E-state index in [1.165, 1.54) is 113 Å². The van der Waals surface area contributed by atoms with Crippen molar-refractivity contribution in [3.05, 3.63) is 72.8 Å². The second kappa shape index (κ2) is 11.8. The van der Waals surface area contributed by atoms with Crippen LogP contribution in [0.4, 0.5) is 17.1 Å². The van der Waals surface area contributed by atoms with Crippen LogP contribution in [0.1, 0.15) is 96.3 Å². The smallest absolute Gasteiger partial charge is 0.164 e. The van der Waals surface area contributed by atoms with E-state index in [1.54, 1.807) is 0 Å². The van der Waals surface area contributed by atoms with Crippen molar-refractivity contribution >= 4 is 17.1 Å². The van der Waals surface area contributed by atoms with Crippen LogP contribution in [0.2, 0.25) is 0 Å². The van der Waals surface area contributed by atoms with Gasteiger partial charge in [0.1, 0.15) is 0 Å². The fourth-order valence-electron chi connectivity index (χ4n) is 15.0. The highest BCUT2D eigenvalue weighted by Crippen LogP contribution is 2.54. The van der Waals surface area contributed by atoms with E-state index >= 15 is 0 Å². The lowest BCUT2D eigenvalue weighted by Crippen LogP contribution is -2.58. The van der Waals surface area contributed by atoms with Crippen LogP contribution in [0.3, 0.4) is 0 Å². The van der Waals surface area contributed by atoms with Gasteiger partial charge in [0, 0.05) is 70.0 Å². The maximum absolute atomic E-state index is 5.36. The van der Waals surface area contributed by atoms with Crippen molar-refractivity contribution in [3.63, 3.8) is 0 Å². The van der Waals surface area contributed by atoms with E-state index in [9.17, 15) is 0 Å². The molecule has 4 atom stereocenters. The van der Waals surface area contributed by atoms with Crippen molar-refractivity contribution < 1.29 is 0 Å². The fourth-order valence-corrected chi connectivity index (χ4v) is 15.0. The Morgan fingerprint density at radius 2 is 0.704 bits per heavy atom. The molecule has 276 valence electrons. The average Bonchev–Trinajstić information content (AvgIpc) is 3.45. The van der Waals surface area contributed by atoms with Gasteiger partial charge in [-0.2, -0.15) is 0 Å². The third kappa shape index (κ3) is 4.92. The standard InChI is InChI=1S/C48H54N6/c1-4-33(23-37(7-1)52-40-11-10-32-22-45(52)27-36(32)26-40)46-49-47(34-5-2-8-38(24-34)53-41-14-28-12-29(16-41)17-42(53)15-28)51-48(50-46)35-6-3-9-39(25-35)54-43-18-30-13-31(20-43)21-44(54)19-30/h1-9,23-25,28-32,36,40-45H,10-22,26-27H2. The summed E-state index contributed by atoms with van der Waals surface area (Å²) in [5.41, 5.74) is 7.40. The van der Waals surface area contributed by atoms with Crippen molar-refractivity contribution in [3.8, 4) is 34.2 Å². The second-order valence-electron chi connectivity index (χ2n) is 19.7. The summed E-state index contributed by atoms with van der Waals surface area (Å²) in [4.78, 5) is 24.5. The summed E-state index contributed by atoms with van der Waals surface area (Å²) in [5, 5.41) is 0. The number of piperidine rings is 5. The molecule has 15 rings (SSSR count). The number of anilines is 3. The molecule has 0 spiro atoms. The molecular weight excluding hydrogens is 661 g/mol. The first-order valence-electron chi connectivity index (χ1n) is 22.0. The number of hydrogen-bond donors (Lipinski definition) is 0. The van der Waals surface area contributed by atoms with Crippen molar-refractivity contribution in [2.45, 2.75) is 133 Å². The molecular formula is C48H54N6. The molecule has 3 aromatic carbocycles. The van der Waals surface area contributed by atoms with Gasteiger partial charge in [0.05, 0.1) is 0 Å². The predicted octanol–water partition coefficient (Wildman–Crippen LogP) is 10.2. The molecule has 6 aliphatic carbocycles. The van der Waals surface area contributed by atoms with Crippen LogP contribution in [0.25, 0.3) is 34.2 Å². The maximum atomic E-state index is 5.36. The Bertz CT molecular complexity index is 1960. The van der Waals surface area contributed by atoms with E-state index in [2.05, 4.69) is 87.5 Å². The quantitative estimate of drug-likeness (QED) is 0.198. The van der Waals surface area contributed by atoms with Crippen molar-refractivity contribution in [2.75, 3.05) is 14.7 Å². The summed E-state index contributed by atoms with van der Waals surface area (Å²) in [6.45, 7) is 0. The molecule has 5 aliphatic heterocycles. The van der Waals surface area contributed by atoms with Gasteiger partial charge in [0.15, 0.2) is 17.5 Å². The minimum absolute atomic E-state index is 0.679. The Balaban J connectivity index is 0.903. The summed E-state index contributed by atoms with van der Waals surface area (Å²) in [6.07, 6.45) is 20.7. The molecule has 11 fully saturated rings. The molecule has 6 nitrogen and oxygen atoms in total. The summed E-state index contributed by atoms with van der Waals surface area (Å²) in [5.74, 6) is 8.06. The van der Waals surface area contributed by atoms with Crippen LogP contribution in [0.15, 0.2) is 72.8 Å². The van der Waals surface area contributed by atoms with Gasteiger partial charge in [-0.1, -0.05) is 36.4 Å². The SMILES string of the molecule is c1cc(-c2nc(-c3cccc(N4C5CC6CC(C5)CC4C6)c3)nc(-c3cccc(N4C5CCC6CC4CC6C5)c3)n2)cc(N2C3CC4CC(C3)CC2C4)c1. The van der Waals surface area contributed by atoms with Crippen LogP contribution >= 0.6 is 0 Å². The first kappa shape index (κ1) is 31.3. The number of rotatable bonds is 6.